The third-order valence-corrected chi connectivity index (χ3v) is 3.68. The molecule has 1 aromatic carbocycles. The summed E-state index contributed by atoms with van der Waals surface area (Å²) in [6, 6.07) is 2.74. The molecule has 1 atom stereocenters. The van der Waals surface area contributed by atoms with Crippen molar-refractivity contribution in [3.05, 3.63) is 35.1 Å². The minimum absolute atomic E-state index is 0. The van der Waals surface area contributed by atoms with Gasteiger partial charge in [-0.25, -0.2) is 4.39 Å². The fraction of sp³-hybridized carbons (Fsp3) is 0.571. The van der Waals surface area contributed by atoms with Gasteiger partial charge in [0.05, 0.1) is 5.56 Å². The first-order valence-corrected chi connectivity index (χ1v) is 6.85. The molecule has 1 saturated heterocycles. The van der Waals surface area contributed by atoms with Crippen molar-refractivity contribution in [3.63, 3.8) is 0 Å². The predicted octanol–water partition coefficient (Wildman–Crippen LogP) is 2.60. The molecule has 126 valence electrons. The lowest BCUT2D eigenvalue weighted by atomic mass is 9.99. The average molecular weight is 343 g/mol. The van der Waals surface area contributed by atoms with Gasteiger partial charge in [0.25, 0.3) is 0 Å². The maximum Gasteiger partial charge on any atom is 0.419 e. The number of aliphatic hydroxyl groups excluding tert-OH is 1. The van der Waals surface area contributed by atoms with Crippen LogP contribution in [0.25, 0.3) is 0 Å². The second kappa shape index (κ2) is 8.10. The van der Waals surface area contributed by atoms with Crippen molar-refractivity contribution in [3.8, 4) is 0 Å². The third-order valence-electron chi connectivity index (χ3n) is 3.68. The maximum absolute atomic E-state index is 13.4. The minimum Gasteiger partial charge on any atom is -0.396 e. The molecule has 0 spiro atoms. The molecule has 0 radical (unpaired) electrons. The lowest BCUT2D eigenvalue weighted by Gasteiger charge is -2.35. The Morgan fingerprint density at radius 1 is 1.23 bits per heavy atom. The van der Waals surface area contributed by atoms with Crippen LogP contribution in [0.4, 0.5) is 17.6 Å². The van der Waals surface area contributed by atoms with Crippen LogP contribution in [0.1, 0.15) is 23.6 Å². The molecule has 1 heterocycles. The van der Waals surface area contributed by atoms with Gasteiger partial charge >= 0.3 is 6.18 Å². The Kier molecular flexibility index (Phi) is 7.05. The Morgan fingerprint density at radius 2 is 1.86 bits per heavy atom. The summed E-state index contributed by atoms with van der Waals surface area (Å²) in [5, 5.41) is 12.3. The molecule has 0 unspecified atom stereocenters. The first kappa shape index (κ1) is 19.2. The van der Waals surface area contributed by atoms with Crippen molar-refractivity contribution >= 4 is 12.4 Å². The summed E-state index contributed by atoms with van der Waals surface area (Å²) in [6.45, 7) is 2.73. The molecule has 0 bridgehead atoms. The lowest BCUT2D eigenvalue weighted by Crippen LogP contribution is -2.45. The van der Waals surface area contributed by atoms with Crippen LogP contribution in [0.3, 0.4) is 0 Å². The minimum atomic E-state index is -4.71. The van der Waals surface area contributed by atoms with Crippen LogP contribution in [0, 0.1) is 5.82 Å². The Labute approximate surface area is 132 Å². The standard InChI is InChI=1S/C14H18F4N2O.ClH/c15-12-2-1-10(9-11(12)14(16,17)18)13(3-8-21)20-6-4-19-5-7-20;/h1-2,9,13,19,21H,3-8H2;1H/t13-;/m0./s1. The van der Waals surface area contributed by atoms with E-state index in [1.165, 1.54) is 6.07 Å². The summed E-state index contributed by atoms with van der Waals surface area (Å²) in [4.78, 5) is 2.01. The molecule has 1 fully saturated rings. The molecule has 0 aromatic heterocycles. The van der Waals surface area contributed by atoms with Gasteiger partial charge in [0.2, 0.25) is 0 Å². The highest BCUT2D eigenvalue weighted by Crippen LogP contribution is 2.34. The van der Waals surface area contributed by atoms with E-state index in [4.69, 9.17) is 0 Å². The Hall–Kier alpha value is -0.890. The predicted molar refractivity (Wildman–Crippen MR) is 77.5 cm³/mol. The molecule has 1 aliphatic heterocycles. The van der Waals surface area contributed by atoms with E-state index in [1.807, 2.05) is 4.90 Å². The van der Waals surface area contributed by atoms with Crippen molar-refractivity contribution in [2.75, 3.05) is 32.8 Å². The van der Waals surface area contributed by atoms with Crippen LogP contribution in [-0.2, 0) is 6.18 Å². The molecule has 1 aliphatic rings. The Morgan fingerprint density at radius 3 is 2.41 bits per heavy atom. The summed E-state index contributed by atoms with van der Waals surface area (Å²) < 4.78 is 51.8. The van der Waals surface area contributed by atoms with E-state index in [1.54, 1.807) is 0 Å². The number of hydrogen-bond acceptors (Lipinski definition) is 3. The van der Waals surface area contributed by atoms with Gasteiger partial charge in [-0.15, -0.1) is 12.4 Å². The molecule has 0 saturated carbocycles. The highest BCUT2D eigenvalue weighted by atomic mass is 35.5. The third kappa shape index (κ3) is 4.55. The van der Waals surface area contributed by atoms with Crippen LogP contribution in [0.15, 0.2) is 18.2 Å². The Balaban J connectivity index is 0.00000242. The number of hydrogen-bond donors (Lipinski definition) is 2. The second-order valence-corrected chi connectivity index (χ2v) is 5.05. The van der Waals surface area contributed by atoms with Crippen molar-refractivity contribution in [1.82, 2.24) is 10.2 Å². The molecular formula is C14H19ClF4N2O. The highest BCUT2D eigenvalue weighted by molar-refractivity contribution is 5.85. The number of benzene rings is 1. The number of nitrogens with one attached hydrogen (secondary N) is 1. The summed E-state index contributed by atoms with van der Waals surface area (Å²) >= 11 is 0. The summed E-state index contributed by atoms with van der Waals surface area (Å²) in [5.41, 5.74) is -0.863. The number of piperazine rings is 1. The van der Waals surface area contributed by atoms with Crippen molar-refractivity contribution in [1.29, 1.82) is 0 Å². The first-order valence-electron chi connectivity index (χ1n) is 6.85. The first-order chi connectivity index (χ1) is 9.93. The van der Waals surface area contributed by atoms with Crippen LogP contribution >= 0.6 is 12.4 Å². The van der Waals surface area contributed by atoms with E-state index >= 15 is 0 Å². The lowest BCUT2D eigenvalue weighted by molar-refractivity contribution is -0.140. The van der Waals surface area contributed by atoms with Gasteiger partial charge in [0.1, 0.15) is 5.82 Å². The van der Waals surface area contributed by atoms with Crippen LogP contribution in [0.5, 0.6) is 0 Å². The summed E-state index contributed by atoms with van der Waals surface area (Å²) in [7, 11) is 0. The molecule has 8 heteroatoms. The Bertz CT molecular complexity index is 478. The zero-order valence-corrected chi connectivity index (χ0v) is 12.7. The normalized spacial score (nSPS) is 17.9. The number of aliphatic hydroxyl groups is 1. The maximum atomic E-state index is 13.4. The topological polar surface area (TPSA) is 35.5 Å². The highest BCUT2D eigenvalue weighted by Gasteiger charge is 2.35. The van der Waals surface area contributed by atoms with Gasteiger partial charge in [0.15, 0.2) is 0 Å². The SMILES string of the molecule is Cl.OCC[C@@H](c1ccc(F)c(C(F)(F)F)c1)N1CCNCC1. The number of nitrogens with zero attached hydrogens (tertiary/aromatic N) is 1. The molecule has 22 heavy (non-hydrogen) atoms. The molecule has 3 nitrogen and oxygen atoms in total. The molecule has 1 aromatic rings. The largest absolute Gasteiger partial charge is 0.419 e. The van der Waals surface area contributed by atoms with E-state index < -0.39 is 17.6 Å². The molecular weight excluding hydrogens is 324 g/mol. The van der Waals surface area contributed by atoms with E-state index in [2.05, 4.69) is 5.32 Å². The zero-order chi connectivity index (χ0) is 15.5. The van der Waals surface area contributed by atoms with Crippen LogP contribution < -0.4 is 5.32 Å². The number of alkyl halides is 3. The molecule has 2 rings (SSSR count). The van der Waals surface area contributed by atoms with Crippen LogP contribution in [-0.4, -0.2) is 42.8 Å². The fourth-order valence-electron chi connectivity index (χ4n) is 2.64. The number of halogens is 5. The molecule has 0 aliphatic carbocycles. The van der Waals surface area contributed by atoms with E-state index in [0.29, 0.717) is 25.1 Å². The van der Waals surface area contributed by atoms with E-state index in [9.17, 15) is 22.7 Å². The average Bonchev–Trinajstić information content (AvgIpc) is 2.45. The quantitative estimate of drug-likeness (QED) is 0.826. The van der Waals surface area contributed by atoms with Gasteiger partial charge in [-0.1, -0.05) is 6.07 Å². The van der Waals surface area contributed by atoms with Crippen molar-refractivity contribution < 1.29 is 22.7 Å². The number of rotatable bonds is 4. The van der Waals surface area contributed by atoms with Crippen molar-refractivity contribution in [2.45, 2.75) is 18.6 Å². The summed E-state index contributed by atoms with van der Waals surface area (Å²) in [6.07, 6.45) is -4.39. The van der Waals surface area contributed by atoms with Gasteiger partial charge in [-0.3, -0.25) is 4.90 Å². The van der Waals surface area contributed by atoms with E-state index in [0.717, 1.165) is 25.2 Å². The van der Waals surface area contributed by atoms with Gasteiger partial charge in [-0.05, 0) is 24.1 Å². The van der Waals surface area contributed by atoms with Gasteiger partial charge in [-0.2, -0.15) is 13.2 Å². The fourth-order valence-corrected chi connectivity index (χ4v) is 2.64. The molecule has 2 N–H and O–H groups in total. The monoisotopic (exact) mass is 342 g/mol. The molecule has 0 amide bonds. The second-order valence-electron chi connectivity index (χ2n) is 5.05. The van der Waals surface area contributed by atoms with Crippen molar-refractivity contribution in [2.24, 2.45) is 0 Å². The van der Waals surface area contributed by atoms with Crippen LogP contribution in [0.2, 0.25) is 0 Å². The zero-order valence-electron chi connectivity index (χ0n) is 11.9. The van der Waals surface area contributed by atoms with Gasteiger partial charge < -0.3 is 10.4 Å². The summed E-state index contributed by atoms with van der Waals surface area (Å²) in [5.74, 6) is -1.27. The smallest absolute Gasteiger partial charge is 0.396 e. The van der Waals surface area contributed by atoms with Gasteiger partial charge in [0, 0.05) is 38.8 Å². The van der Waals surface area contributed by atoms with E-state index in [-0.39, 0.29) is 25.1 Å².